The number of benzene rings is 2. The first kappa shape index (κ1) is 23.8. The minimum absolute atomic E-state index is 0.187. The highest BCUT2D eigenvalue weighted by Gasteiger charge is 2.21. The summed E-state index contributed by atoms with van der Waals surface area (Å²) in [6, 6.07) is 15.2. The molecule has 1 aliphatic heterocycles. The number of hydrogen-bond acceptors (Lipinski definition) is 5. The summed E-state index contributed by atoms with van der Waals surface area (Å²) in [7, 11) is 0. The zero-order valence-corrected chi connectivity index (χ0v) is 21.1. The number of fused-ring (bicyclic) bond motifs is 1. The zero-order chi connectivity index (χ0) is 24.4. The second-order valence-electron chi connectivity index (χ2n) is 10.9. The first-order valence-corrected chi connectivity index (χ1v) is 12.8. The molecular weight excluding hydrogens is 436 g/mol. The number of carbonyl (C=O) groups excluding carboxylic acids is 1. The Morgan fingerprint density at radius 1 is 0.943 bits per heavy atom. The predicted molar refractivity (Wildman–Crippen MR) is 139 cm³/mol. The van der Waals surface area contributed by atoms with Gasteiger partial charge in [0.15, 0.2) is 5.69 Å². The molecule has 1 aliphatic carbocycles. The van der Waals surface area contributed by atoms with E-state index < -0.39 is 0 Å². The van der Waals surface area contributed by atoms with Crippen molar-refractivity contribution in [3.05, 3.63) is 82.6 Å². The summed E-state index contributed by atoms with van der Waals surface area (Å²) in [5.74, 6) is 0.371. The van der Waals surface area contributed by atoms with Gasteiger partial charge in [-0.25, -0.2) is 4.98 Å². The van der Waals surface area contributed by atoms with Gasteiger partial charge < -0.3 is 9.73 Å². The van der Waals surface area contributed by atoms with Gasteiger partial charge in [0.1, 0.15) is 6.26 Å². The van der Waals surface area contributed by atoms with Crippen molar-refractivity contribution in [3.63, 3.8) is 0 Å². The lowest BCUT2D eigenvalue weighted by molar-refractivity contribution is 0.102. The van der Waals surface area contributed by atoms with Gasteiger partial charge in [-0.3, -0.25) is 14.6 Å². The number of carbonyl (C=O) groups is 1. The highest BCUT2D eigenvalue weighted by Crippen LogP contribution is 2.25. The molecule has 2 aliphatic rings. The van der Waals surface area contributed by atoms with Crippen LogP contribution in [0, 0.1) is 0 Å². The fourth-order valence-corrected chi connectivity index (χ4v) is 5.00. The summed E-state index contributed by atoms with van der Waals surface area (Å²) in [6.07, 6.45) is 4.88. The SMILES string of the molecule is CC(C)(C)c1ccc(CN2CCN(Cc3nc(C(=O)Nc4ccc5c(c4)CCC5)co3)CC2)cc1. The largest absolute Gasteiger partial charge is 0.447 e. The standard InChI is InChI=1S/C29H36N4O2/c1-29(2,3)24-10-7-21(8-11-24)18-32-13-15-33(16-14-32)19-27-31-26(20-35-27)28(34)30-25-12-9-22-5-4-6-23(22)17-25/h7-12,17,20H,4-6,13-16,18-19H2,1-3H3,(H,30,34). The molecule has 184 valence electrons. The normalized spacial score (nSPS) is 16.9. The quantitative estimate of drug-likeness (QED) is 0.545. The van der Waals surface area contributed by atoms with Crippen LogP contribution in [0.4, 0.5) is 5.69 Å². The molecule has 1 fully saturated rings. The predicted octanol–water partition coefficient (Wildman–Crippen LogP) is 5.03. The molecule has 35 heavy (non-hydrogen) atoms. The Hall–Kier alpha value is -2.96. The van der Waals surface area contributed by atoms with E-state index in [1.165, 1.54) is 34.9 Å². The second kappa shape index (κ2) is 9.96. The Balaban J connectivity index is 1.09. The van der Waals surface area contributed by atoms with Crippen LogP contribution in [0.3, 0.4) is 0 Å². The highest BCUT2D eigenvalue weighted by molar-refractivity contribution is 6.02. The molecule has 6 nitrogen and oxygen atoms in total. The van der Waals surface area contributed by atoms with Crippen molar-refractivity contribution < 1.29 is 9.21 Å². The van der Waals surface area contributed by atoms with Crippen molar-refractivity contribution >= 4 is 11.6 Å². The topological polar surface area (TPSA) is 61.6 Å². The van der Waals surface area contributed by atoms with E-state index >= 15 is 0 Å². The third-order valence-electron chi connectivity index (χ3n) is 7.19. The zero-order valence-electron chi connectivity index (χ0n) is 21.1. The fraction of sp³-hybridized carbons (Fsp3) is 0.448. The Labute approximate surface area is 208 Å². The number of rotatable bonds is 6. The molecule has 0 saturated carbocycles. The first-order chi connectivity index (χ1) is 16.8. The molecule has 2 aromatic carbocycles. The van der Waals surface area contributed by atoms with Crippen LogP contribution in [0.1, 0.15) is 65.8 Å². The number of anilines is 1. The number of hydrogen-bond donors (Lipinski definition) is 1. The van der Waals surface area contributed by atoms with Gasteiger partial charge in [-0.2, -0.15) is 0 Å². The summed E-state index contributed by atoms with van der Waals surface area (Å²) in [6.45, 7) is 12.3. The fourth-order valence-electron chi connectivity index (χ4n) is 5.00. The van der Waals surface area contributed by atoms with E-state index in [1.807, 2.05) is 6.07 Å². The van der Waals surface area contributed by atoms with Crippen LogP contribution >= 0.6 is 0 Å². The molecule has 0 spiro atoms. The minimum Gasteiger partial charge on any atom is -0.447 e. The number of oxazole rings is 1. The molecule has 1 amide bonds. The van der Waals surface area contributed by atoms with Crippen LogP contribution in [-0.2, 0) is 31.3 Å². The summed E-state index contributed by atoms with van der Waals surface area (Å²) in [4.78, 5) is 21.9. The summed E-state index contributed by atoms with van der Waals surface area (Å²) < 4.78 is 5.63. The van der Waals surface area contributed by atoms with E-state index in [4.69, 9.17) is 4.42 Å². The maximum atomic E-state index is 12.7. The van der Waals surface area contributed by atoms with Gasteiger partial charge in [0.2, 0.25) is 5.89 Å². The van der Waals surface area contributed by atoms with Crippen LogP contribution in [0.5, 0.6) is 0 Å². The molecule has 1 aromatic heterocycles. The average Bonchev–Trinajstić information content (AvgIpc) is 3.49. The molecule has 0 bridgehead atoms. The van der Waals surface area contributed by atoms with E-state index in [-0.39, 0.29) is 11.3 Å². The highest BCUT2D eigenvalue weighted by atomic mass is 16.3. The Kier molecular flexibility index (Phi) is 6.76. The maximum absolute atomic E-state index is 12.7. The average molecular weight is 473 g/mol. The van der Waals surface area contributed by atoms with Crippen molar-refractivity contribution in [1.82, 2.24) is 14.8 Å². The van der Waals surface area contributed by atoms with E-state index in [1.54, 1.807) is 0 Å². The van der Waals surface area contributed by atoms with Crippen LogP contribution in [0.25, 0.3) is 0 Å². The van der Waals surface area contributed by atoms with E-state index in [9.17, 15) is 4.79 Å². The lowest BCUT2D eigenvalue weighted by Crippen LogP contribution is -2.45. The van der Waals surface area contributed by atoms with Gasteiger partial charge >= 0.3 is 0 Å². The smallest absolute Gasteiger partial charge is 0.277 e. The van der Waals surface area contributed by atoms with Crippen molar-refractivity contribution in [2.24, 2.45) is 0 Å². The molecule has 2 heterocycles. The van der Waals surface area contributed by atoms with E-state index in [0.717, 1.165) is 51.3 Å². The molecule has 1 N–H and O–H groups in total. The van der Waals surface area contributed by atoms with Gasteiger partial charge in [0.25, 0.3) is 5.91 Å². The molecule has 0 atom stereocenters. The number of aryl methyl sites for hydroxylation is 2. The molecule has 5 rings (SSSR count). The van der Waals surface area contributed by atoms with Crippen molar-refractivity contribution in [3.8, 4) is 0 Å². The molecule has 3 aromatic rings. The van der Waals surface area contributed by atoms with Crippen molar-refractivity contribution in [1.29, 1.82) is 0 Å². The van der Waals surface area contributed by atoms with Gasteiger partial charge in [-0.1, -0.05) is 51.1 Å². The first-order valence-electron chi connectivity index (χ1n) is 12.8. The molecular formula is C29H36N4O2. The third-order valence-corrected chi connectivity index (χ3v) is 7.19. The van der Waals surface area contributed by atoms with Crippen LogP contribution < -0.4 is 5.32 Å². The van der Waals surface area contributed by atoms with Gasteiger partial charge in [-0.05, 0) is 59.1 Å². The van der Waals surface area contributed by atoms with E-state index in [2.05, 4.69) is 77.3 Å². The molecule has 6 heteroatoms. The number of nitrogens with zero attached hydrogens (tertiary/aromatic N) is 3. The van der Waals surface area contributed by atoms with Crippen molar-refractivity contribution in [2.45, 2.75) is 58.5 Å². The number of amides is 1. The summed E-state index contributed by atoms with van der Waals surface area (Å²) in [5, 5.41) is 2.96. The monoisotopic (exact) mass is 472 g/mol. The molecule has 1 saturated heterocycles. The van der Waals surface area contributed by atoms with Gasteiger partial charge in [0.05, 0.1) is 6.54 Å². The lowest BCUT2D eigenvalue weighted by Gasteiger charge is -2.34. The molecule has 0 radical (unpaired) electrons. The second-order valence-corrected chi connectivity index (χ2v) is 10.9. The van der Waals surface area contributed by atoms with Crippen LogP contribution in [0.15, 0.2) is 53.1 Å². The Morgan fingerprint density at radius 2 is 1.63 bits per heavy atom. The maximum Gasteiger partial charge on any atom is 0.277 e. The van der Waals surface area contributed by atoms with E-state index in [0.29, 0.717) is 18.1 Å². The number of nitrogens with one attached hydrogen (secondary N) is 1. The van der Waals surface area contributed by atoms with Crippen LogP contribution in [0.2, 0.25) is 0 Å². The third kappa shape index (κ3) is 5.82. The number of aromatic nitrogens is 1. The van der Waals surface area contributed by atoms with Gasteiger partial charge in [0, 0.05) is 38.4 Å². The van der Waals surface area contributed by atoms with Crippen molar-refractivity contribution in [2.75, 3.05) is 31.5 Å². The Morgan fingerprint density at radius 3 is 2.34 bits per heavy atom. The number of piperazine rings is 1. The van der Waals surface area contributed by atoms with Crippen LogP contribution in [-0.4, -0.2) is 46.9 Å². The lowest BCUT2D eigenvalue weighted by atomic mass is 9.87. The summed E-state index contributed by atoms with van der Waals surface area (Å²) in [5.41, 5.74) is 6.80. The molecule has 0 unspecified atom stereocenters. The Bertz CT molecular complexity index is 1170. The summed E-state index contributed by atoms with van der Waals surface area (Å²) >= 11 is 0. The van der Waals surface area contributed by atoms with Gasteiger partial charge in [-0.15, -0.1) is 0 Å². The minimum atomic E-state index is -0.222.